The Bertz CT molecular complexity index is 529. The summed E-state index contributed by atoms with van der Waals surface area (Å²) in [7, 11) is 0. The maximum atomic E-state index is 11.2. The Morgan fingerprint density at radius 1 is 1.48 bits per heavy atom. The number of hydrogen-bond donors (Lipinski definition) is 3. The topological polar surface area (TPSA) is 82.8 Å². The van der Waals surface area contributed by atoms with Crippen LogP contribution in [0.1, 0.15) is 31.6 Å². The predicted octanol–water partition coefficient (Wildman–Crippen LogP) is 2.64. The van der Waals surface area contributed by atoms with Gasteiger partial charge in [-0.3, -0.25) is 4.99 Å². The second kappa shape index (κ2) is 11.6. The minimum atomic E-state index is -0.323. The summed E-state index contributed by atoms with van der Waals surface area (Å²) in [5.74, 6) is 1.38. The van der Waals surface area contributed by atoms with Crippen LogP contribution in [-0.2, 0) is 6.42 Å². The molecule has 1 aliphatic rings. The van der Waals surface area contributed by atoms with Crippen LogP contribution in [0, 0.1) is 5.92 Å². The molecule has 2 rings (SSSR count). The van der Waals surface area contributed by atoms with Gasteiger partial charge < -0.3 is 21.3 Å². The number of piperidine rings is 1. The molecule has 0 spiro atoms. The van der Waals surface area contributed by atoms with Crippen molar-refractivity contribution in [2.75, 3.05) is 26.2 Å². The first-order valence-electron chi connectivity index (χ1n) is 8.70. The minimum absolute atomic E-state index is 0. The Balaban J connectivity index is 0.00000312. The van der Waals surface area contributed by atoms with Gasteiger partial charge in [-0.05, 0) is 43.6 Å². The molecule has 1 aromatic rings. The van der Waals surface area contributed by atoms with Gasteiger partial charge in [0.25, 0.3) is 0 Å². The van der Waals surface area contributed by atoms with E-state index in [9.17, 15) is 4.79 Å². The van der Waals surface area contributed by atoms with Gasteiger partial charge in [-0.2, -0.15) is 0 Å². The van der Waals surface area contributed by atoms with E-state index in [1.165, 1.54) is 4.88 Å². The van der Waals surface area contributed by atoms with Crippen LogP contribution < -0.4 is 16.4 Å². The van der Waals surface area contributed by atoms with E-state index in [1.807, 2.05) is 0 Å². The second-order valence-electron chi connectivity index (χ2n) is 6.35. The van der Waals surface area contributed by atoms with Crippen LogP contribution in [-0.4, -0.2) is 49.1 Å². The van der Waals surface area contributed by atoms with Crippen molar-refractivity contribution in [2.45, 2.75) is 39.2 Å². The number of carbonyl (C=O) groups is 1. The molecule has 8 heteroatoms. The van der Waals surface area contributed by atoms with E-state index in [1.54, 1.807) is 16.2 Å². The smallest absolute Gasteiger partial charge is 0.314 e. The highest BCUT2D eigenvalue weighted by Crippen LogP contribution is 2.14. The number of likely N-dealkylation sites (tertiary alicyclic amines) is 1. The molecule has 6 nitrogen and oxygen atoms in total. The van der Waals surface area contributed by atoms with Crippen LogP contribution in [0.15, 0.2) is 22.5 Å². The zero-order valence-electron chi connectivity index (χ0n) is 15.0. The summed E-state index contributed by atoms with van der Waals surface area (Å²) in [6.07, 6.45) is 2.87. The first-order valence-corrected chi connectivity index (χ1v) is 9.58. The number of aliphatic imine (C=N–C) groups is 1. The molecule has 2 heterocycles. The first kappa shape index (κ1) is 22.0. The van der Waals surface area contributed by atoms with Gasteiger partial charge in [0, 0.05) is 37.1 Å². The van der Waals surface area contributed by atoms with Gasteiger partial charge in [0.2, 0.25) is 0 Å². The number of guanidine groups is 1. The van der Waals surface area contributed by atoms with E-state index in [0.717, 1.165) is 38.3 Å². The molecule has 1 fully saturated rings. The number of urea groups is 1. The van der Waals surface area contributed by atoms with Crippen LogP contribution in [0.25, 0.3) is 0 Å². The summed E-state index contributed by atoms with van der Waals surface area (Å²) in [6.45, 7) is 7.36. The van der Waals surface area contributed by atoms with E-state index >= 15 is 0 Å². The van der Waals surface area contributed by atoms with Gasteiger partial charge in [0.15, 0.2) is 5.96 Å². The largest absolute Gasteiger partial charge is 0.357 e. The molecule has 0 aromatic carbocycles. The zero-order valence-corrected chi connectivity index (χ0v) is 18.2. The third kappa shape index (κ3) is 7.81. The maximum Gasteiger partial charge on any atom is 0.314 e. The molecule has 1 atom stereocenters. The van der Waals surface area contributed by atoms with E-state index in [4.69, 9.17) is 10.7 Å². The quantitative estimate of drug-likeness (QED) is 0.333. The summed E-state index contributed by atoms with van der Waals surface area (Å²) in [4.78, 5) is 19.0. The fourth-order valence-electron chi connectivity index (χ4n) is 2.84. The first-order chi connectivity index (χ1) is 11.6. The van der Waals surface area contributed by atoms with Gasteiger partial charge in [0.1, 0.15) is 0 Å². The van der Waals surface area contributed by atoms with E-state index in [-0.39, 0.29) is 30.0 Å². The Hall–Kier alpha value is -1.03. The van der Waals surface area contributed by atoms with Crippen LogP contribution in [0.2, 0.25) is 0 Å². The third-order valence-corrected chi connectivity index (χ3v) is 5.08. The molecular formula is C17H30IN5OS. The molecular weight excluding hydrogens is 449 g/mol. The molecule has 1 aromatic heterocycles. The van der Waals surface area contributed by atoms with Gasteiger partial charge in [-0.1, -0.05) is 13.0 Å². The molecule has 1 unspecified atom stereocenters. The second-order valence-corrected chi connectivity index (χ2v) is 7.38. The molecule has 0 bridgehead atoms. The third-order valence-electron chi connectivity index (χ3n) is 4.18. The average Bonchev–Trinajstić information content (AvgIpc) is 3.06. The number of primary amides is 1. The molecule has 25 heavy (non-hydrogen) atoms. The van der Waals surface area contributed by atoms with E-state index < -0.39 is 0 Å². The van der Waals surface area contributed by atoms with Gasteiger partial charge in [0.05, 0.1) is 0 Å². The van der Waals surface area contributed by atoms with Crippen LogP contribution >= 0.6 is 35.3 Å². The minimum Gasteiger partial charge on any atom is -0.357 e. The molecule has 142 valence electrons. The van der Waals surface area contributed by atoms with Crippen molar-refractivity contribution in [3.63, 3.8) is 0 Å². The lowest BCUT2D eigenvalue weighted by atomic mass is 10.1. The summed E-state index contributed by atoms with van der Waals surface area (Å²) in [5.41, 5.74) is 5.33. The van der Waals surface area contributed by atoms with Crippen molar-refractivity contribution in [1.82, 2.24) is 15.5 Å². The SMILES string of the molecule is CCNC(=NCC(C)Cc1cccs1)NC1CCN(C(N)=O)CC1.I. The highest BCUT2D eigenvalue weighted by atomic mass is 127. The van der Waals surface area contributed by atoms with Crippen molar-refractivity contribution in [2.24, 2.45) is 16.6 Å². The number of nitrogens with one attached hydrogen (secondary N) is 2. The molecule has 4 N–H and O–H groups in total. The molecule has 0 aliphatic carbocycles. The summed E-state index contributed by atoms with van der Waals surface area (Å²) in [5, 5.41) is 8.93. The number of thiophene rings is 1. The molecule has 1 aliphatic heterocycles. The standard InChI is InChI=1S/C17H29N5OS.HI/c1-3-19-17(20-12-13(2)11-15-5-4-10-24-15)21-14-6-8-22(9-7-14)16(18)23;/h4-5,10,13-14H,3,6-9,11-12H2,1-2H3,(H2,18,23)(H2,19,20,21);1H. The van der Waals surface area contributed by atoms with Crippen molar-refractivity contribution in [3.05, 3.63) is 22.4 Å². The average molecular weight is 479 g/mol. The Labute approximate surface area is 171 Å². The van der Waals surface area contributed by atoms with Gasteiger partial charge in [-0.15, -0.1) is 35.3 Å². The van der Waals surface area contributed by atoms with Gasteiger partial charge >= 0.3 is 6.03 Å². The fourth-order valence-corrected chi connectivity index (χ4v) is 3.71. The lowest BCUT2D eigenvalue weighted by molar-refractivity contribution is 0.188. The van der Waals surface area contributed by atoms with Crippen molar-refractivity contribution >= 4 is 47.3 Å². The van der Waals surface area contributed by atoms with Crippen molar-refractivity contribution < 1.29 is 4.79 Å². The Morgan fingerprint density at radius 3 is 2.76 bits per heavy atom. The predicted molar refractivity (Wildman–Crippen MR) is 116 cm³/mol. The number of nitrogens with two attached hydrogens (primary N) is 1. The van der Waals surface area contributed by atoms with Crippen molar-refractivity contribution in [1.29, 1.82) is 0 Å². The van der Waals surface area contributed by atoms with Crippen LogP contribution in [0.4, 0.5) is 4.79 Å². The number of amides is 2. The summed E-state index contributed by atoms with van der Waals surface area (Å²) in [6, 6.07) is 4.29. The maximum absolute atomic E-state index is 11.2. The lowest BCUT2D eigenvalue weighted by Crippen LogP contribution is -2.50. The molecule has 2 amide bonds. The number of rotatable bonds is 6. The molecule has 0 radical (unpaired) electrons. The Morgan fingerprint density at radius 2 is 2.20 bits per heavy atom. The Kier molecular flexibility index (Phi) is 10.2. The zero-order chi connectivity index (χ0) is 17.4. The molecule has 1 saturated heterocycles. The number of carbonyl (C=O) groups excluding carboxylic acids is 1. The monoisotopic (exact) mass is 479 g/mol. The number of hydrogen-bond acceptors (Lipinski definition) is 3. The van der Waals surface area contributed by atoms with Crippen molar-refractivity contribution in [3.8, 4) is 0 Å². The summed E-state index contributed by atoms with van der Waals surface area (Å²) < 4.78 is 0. The normalized spacial score (nSPS) is 16.9. The lowest BCUT2D eigenvalue weighted by Gasteiger charge is -2.32. The molecule has 0 saturated carbocycles. The number of halogens is 1. The van der Waals surface area contributed by atoms with Crippen LogP contribution in [0.5, 0.6) is 0 Å². The van der Waals surface area contributed by atoms with Crippen LogP contribution in [0.3, 0.4) is 0 Å². The summed E-state index contributed by atoms with van der Waals surface area (Å²) >= 11 is 1.80. The highest BCUT2D eigenvalue weighted by Gasteiger charge is 2.21. The van der Waals surface area contributed by atoms with E-state index in [0.29, 0.717) is 25.0 Å². The number of nitrogens with zero attached hydrogens (tertiary/aromatic N) is 2. The fraction of sp³-hybridized carbons (Fsp3) is 0.647. The van der Waals surface area contributed by atoms with Gasteiger partial charge in [-0.25, -0.2) is 4.79 Å². The van der Waals surface area contributed by atoms with E-state index in [2.05, 4.69) is 42.0 Å². The highest BCUT2D eigenvalue weighted by molar-refractivity contribution is 14.0.